The molecule has 2 N–H and O–H groups in total. The summed E-state index contributed by atoms with van der Waals surface area (Å²) in [5.41, 5.74) is 0.501. The first kappa shape index (κ1) is 14.9. The summed E-state index contributed by atoms with van der Waals surface area (Å²) in [5, 5.41) is 19.6. The molecule has 1 aliphatic heterocycles. The molecule has 1 aliphatic rings. The van der Waals surface area contributed by atoms with Gasteiger partial charge in [0.25, 0.3) is 5.91 Å². The van der Waals surface area contributed by atoms with Crippen molar-refractivity contribution in [2.24, 2.45) is 0 Å². The number of β-amino-alcohol motifs (C(OH)–C–C–N with tert-alkyl or cyclic N) is 1. The first-order valence-electron chi connectivity index (χ1n) is 8.07. The number of nitrogens with one attached hydrogen (secondary N) is 1. The third kappa shape index (κ3) is 2.67. The third-order valence-corrected chi connectivity index (χ3v) is 4.59. The van der Waals surface area contributed by atoms with E-state index in [0.29, 0.717) is 31.6 Å². The number of piperidine rings is 1. The second-order valence-electron chi connectivity index (χ2n) is 6.40. The monoisotopic (exact) mass is 325 g/mol. The van der Waals surface area contributed by atoms with Crippen molar-refractivity contribution in [3.63, 3.8) is 0 Å². The number of amides is 1. The maximum Gasteiger partial charge on any atom is 0.256 e. The van der Waals surface area contributed by atoms with Crippen LogP contribution in [-0.2, 0) is 6.54 Å². The molecule has 0 spiro atoms. The van der Waals surface area contributed by atoms with E-state index in [1.807, 2.05) is 30.5 Å². The molecule has 1 fully saturated rings. The fourth-order valence-electron chi connectivity index (χ4n) is 3.47. The molecule has 24 heavy (non-hydrogen) atoms. The molecule has 4 rings (SSSR count). The largest absolute Gasteiger partial charge is 0.386 e. The van der Waals surface area contributed by atoms with Crippen molar-refractivity contribution in [1.29, 1.82) is 0 Å². The van der Waals surface area contributed by atoms with Crippen LogP contribution in [0.4, 0.5) is 0 Å². The Hall–Kier alpha value is -2.67. The lowest BCUT2D eigenvalue weighted by molar-refractivity contribution is -0.0387. The minimum absolute atomic E-state index is 0.0558. The Labute approximate surface area is 138 Å². The van der Waals surface area contributed by atoms with E-state index >= 15 is 0 Å². The quantitative estimate of drug-likeness (QED) is 0.762. The third-order valence-electron chi connectivity index (χ3n) is 4.59. The van der Waals surface area contributed by atoms with Gasteiger partial charge in [-0.1, -0.05) is 17.3 Å². The Bertz CT molecular complexity index is 857. The van der Waals surface area contributed by atoms with Crippen LogP contribution >= 0.6 is 0 Å². The number of hydrogen-bond acceptors (Lipinski definition) is 4. The fraction of sp³-hybridized carbons (Fsp3) is 0.353. The van der Waals surface area contributed by atoms with Crippen molar-refractivity contribution >= 4 is 16.8 Å². The Balaban J connectivity index is 1.57. The molecule has 1 unspecified atom stereocenters. The molecule has 1 saturated heterocycles. The topological polar surface area (TPSA) is 87.0 Å². The van der Waals surface area contributed by atoms with Gasteiger partial charge in [0.1, 0.15) is 5.60 Å². The molecule has 3 heterocycles. The maximum atomic E-state index is 13.0. The normalized spacial score (nSPS) is 21.3. The van der Waals surface area contributed by atoms with Gasteiger partial charge in [0.2, 0.25) is 0 Å². The highest BCUT2D eigenvalue weighted by Crippen LogP contribution is 2.26. The van der Waals surface area contributed by atoms with Crippen molar-refractivity contribution in [2.45, 2.75) is 25.0 Å². The molecule has 124 valence electrons. The van der Waals surface area contributed by atoms with Gasteiger partial charge in [-0.3, -0.25) is 4.79 Å². The Morgan fingerprint density at radius 3 is 3.12 bits per heavy atom. The molecule has 0 bridgehead atoms. The number of para-hydroxylation sites is 1. The number of aromatic nitrogens is 4. The number of rotatable bonds is 3. The van der Waals surface area contributed by atoms with Gasteiger partial charge in [-0.15, -0.1) is 5.10 Å². The summed E-state index contributed by atoms with van der Waals surface area (Å²) in [4.78, 5) is 17.8. The number of aliphatic hydroxyl groups is 1. The summed E-state index contributed by atoms with van der Waals surface area (Å²) in [6.07, 6.45) is 6.54. The second kappa shape index (κ2) is 5.76. The van der Waals surface area contributed by atoms with Gasteiger partial charge in [0, 0.05) is 24.3 Å². The molecular weight excluding hydrogens is 306 g/mol. The Morgan fingerprint density at radius 1 is 1.38 bits per heavy atom. The first-order chi connectivity index (χ1) is 11.6. The van der Waals surface area contributed by atoms with Crippen molar-refractivity contribution < 1.29 is 9.90 Å². The standard InChI is InChI=1S/C17H19N5O2/c23-16(14-4-1-3-13-5-7-18-15(13)14)21-9-2-6-17(24,11-21)12-22-10-8-19-20-22/h1,3-5,7-8,10,18,24H,2,6,9,11-12H2. The van der Waals surface area contributed by atoms with Gasteiger partial charge < -0.3 is 15.0 Å². The lowest BCUT2D eigenvalue weighted by Gasteiger charge is -2.39. The van der Waals surface area contributed by atoms with Gasteiger partial charge in [0.15, 0.2) is 0 Å². The highest BCUT2D eigenvalue weighted by atomic mass is 16.3. The predicted octanol–water partition coefficient (Wildman–Crippen LogP) is 1.43. The average Bonchev–Trinajstić information content (AvgIpc) is 3.24. The van der Waals surface area contributed by atoms with E-state index in [-0.39, 0.29) is 5.91 Å². The van der Waals surface area contributed by atoms with Crippen LogP contribution in [0.3, 0.4) is 0 Å². The number of H-pyrrole nitrogens is 1. The molecule has 7 nitrogen and oxygen atoms in total. The molecule has 7 heteroatoms. The van der Waals surface area contributed by atoms with Crippen LogP contribution in [0.2, 0.25) is 0 Å². The summed E-state index contributed by atoms with van der Waals surface area (Å²) in [5.74, 6) is -0.0558. The Morgan fingerprint density at radius 2 is 2.29 bits per heavy atom. The zero-order valence-electron chi connectivity index (χ0n) is 13.2. The maximum absolute atomic E-state index is 13.0. The SMILES string of the molecule is O=C(c1cccc2cc[nH]c12)N1CCCC(O)(Cn2ccnn2)C1. The minimum Gasteiger partial charge on any atom is -0.386 e. The number of fused-ring (bicyclic) bond motifs is 1. The minimum atomic E-state index is -0.981. The second-order valence-corrected chi connectivity index (χ2v) is 6.40. The van der Waals surface area contributed by atoms with E-state index in [9.17, 15) is 9.90 Å². The van der Waals surface area contributed by atoms with Crippen molar-refractivity contribution in [2.75, 3.05) is 13.1 Å². The summed E-state index contributed by atoms with van der Waals surface area (Å²) in [7, 11) is 0. The summed E-state index contributed by atoms with van der Waals surface area (Å²) in [6, 6.07) is 7.63. The van der Waals surface area contributed by atoms with Gasteiger partial charge in [-0.25, -0.2) is 4.68 Å². The Kier molecular flexibility index (Phi) is 3.57. The number of carbonyl (C=O) groups is 1. The number of benzene rings is 1. The summed E-state index contributed by atoms with van der Waals surface area (Å²) >= 11 is 0. The van der Waals surface area contributed by atoms with Crippen molar-refractivity contribution in [3.05, 3.63) is 48.4 Å². The van der Waals surface area contributed by atoms with Crippen LogP contribution < -0.4 is 0 Å². The first-order valence-corrected chi connectivity index (χ1v) is 8.07. The molecule has 0 aliphatic carbocycles. The number of carbonyl (C=O) groups excluding carboxylic acids is 1. The van der Waals surface area contributed by atoms with E-state index in [1.165, 1.54) is 0 Å². The predicted molar refractivity (Wildman–Crippen MR) is 88.4 cm³/mol. The van der Waals surface area contributed by atoms with Crippen LogP contribution in [0.1, 0.15) is 23.2 Å². The number of likely N-dealkylation sites (tertiary alicyclic amines) is 1. The summed E-state index contributed by atoms with van der Waals surface area (Å²) in [6.45, 7) is 1.28. The molecule has 1 atom stereocenters. The van der Waals surface area contributed by atoms with Crippen molar-refractivity contribution in [1.82, 2.24) is 24.9 Å². The molecule has 1 amide bonds. The van der Waals surface area contributed by atoms with Crippen LogP contribution in [0.5, 0.6) is 0 Å². The zero-order chi connectivity index (χ0) is 16.6. The lowest BCUT2D eigenvalue weighted by atomic mass is 9.92. The molecule has 0 radical (unpaired) electrons. The van der Waals surface area contributed by atoms with Crippen LogP contribution in [-0.4, -0.2) is 54.6 Å². The molecule has 1 aromatic carbocycles. The molecule has 0 saturated carbocycles. The van der Waals surface area contributed by atoms with Crippen molar-refractivity contribution in [3.8, 4) is 0 Å². The van der Waals surface area contributed by atoms with E-state index in [0.717, 1.165) is 17.3 Å². The summed E-state index contributed by atoms with van der Waals surface area (Å²) < 4.78 is 1.61. The number of hydrogen-bond donors (Lipinski definition) is 2. The molecule has 2 aromatic heterocycles. The highest BCUT2D eigenvalue weighted by molar-refractivity contribution is 6.05. The van der Waals surface area contributed by atoms with Crippen LogP contribution in [0.25, 0.3) is 10.9 Å². The average molecular weight is 325 g/mol. The van der Waals surface area contributed by atoms with Crippen LogP contribution in [0.15, 0.2) is 42.9 Å². The van der Waals surface area contributed by atoms with E-state index in [1.54, 1.807) is 22.0 Å². The molecule has 3 aromatic rings. The van der Waals surface area contributed by atoms with E-state index in [2.05, 4.69) is 15.3 Å². The van der Waals surface area contributed by atoms with E-state index < -0.39 is 5.60 Å². The highest BCUT2D eigenvalue weighted by Gasteiger charge is 2.36. The van der Waals surface area contributed by atoms with E-state index in [4.69, 9.17) is 0 Å². The zero-order valence-corrected chi connectivity index (χ0v) is 13.2. The van der Waals surface area contributed by atoms with Gasteiger partial charge in [-0.05, 0) is 25.0 Å². The number of nitrogens with zero attached hydrogens (tertiary/aromatic N) is 4. The number of aromatic amines is 1. The fourth-order valence-corrected chi connectivity index (χ4v) is 3.47. The lowest BCUT2D eigenvalue weighted by Crippen LogP contribution is -2.52. The smallest absolute Gasteiger partial charge is 0.256 e. The van der Waals surface area contributed by atoms with Gasteiger partial charge in [-0.2, -0.15) is 0 Å². The van der Waals surface area contributed by atoms with Crippen LogP contribution in [0, 0.1) is 0 Å². The van der Waals surface area contributed by atoms with Gasteiger partial charge in [0.05, 0.1) is 30.4 Å². The molecular formula is C17H19N5O2. The van der Waals surface area contributed by atoms with Gasteiger partial charge >= 0.3 is 0 Å².